The van der Waals surface area contributed by atoms with Crippen molar-refractivity contribution in [3.63, 3.8) is 0 Å². The topological polar surface area (TPSA) is 123 Å². The zero-order chi connectivity index (χ0) is 28.2. The number of aryl methyl sites for hydroxylation is 1. The molecule has 2 aromatic carbocycles. The predicted molar refractivity (Wildman–Crippen MR) is 144 cm³/mol. The number of benzene rings is 2. The highest BCUT2D eigenvalue weighted by Crippen LogP contribution is 2.35. The van der Waals surface area contributed by atoms with Gasteiger partial charge < -0.3 is 29.5 Å². The molecule has 0 bridgehead atoms. The van der Waals surface area contributed by atoms with Crippen LogP contribution >= 0.6 is 11.6 Å². The van der Waals surface area contributed by atoms with Crippen molar-refractivity contribution in [2.45, 2.75) is 58.7 Å². The summed E-state index contributed by atoms with van der Waals surface area (Å²) in [5, 5.41) is 9.67. The Labute approximate surface area is 231 Å². The van der Waals surface area contributed by atoms with Crippen LogP contribution in [0.25, 0.3) is 0 Å². The average Bonchev–Trinajstić information content (AvgIpc) is 3.50. The van der Waals surface area contributed by atoms with Crippen molar-refractivity contribution in [1.29, 1.82) is 0 Å². The Bertz CT molecular complexity index is 1370. The SMILES string of the molecule is Cc1cc(NC(=O)CCC(=O)N(Cc2ccc3c(c2)OCO3)[C@H](C(=O)NC(C)(C)C)c2ccccc2Cl)no1. The third-order valence-electron chi connectivity index (χ3n) is 5.83. The van der Waals surface area contributed by atoms with Crippen molar-refractivity contribution < 1.29 is 28.4 Å². The van der Waals surface area contributed by atoms with Gasteiger partial charge in [0.25, 0.3) is 0 Å². The molecule has 3 amide bonds. The summed E-state index contributed by atoms with van der Waals surface area (Å²) in [5.74, 6) is 0.748. The monoisotopic (exact) mass is 554 g/mol. The number of halogens is 1. The number of nitrogens with zero attached hydrogens (tertiary/aromatic N) is 2. The fourth-order valence-electron chi connectivity index (χ4n) is 4.14. The lowest BCUT2D eigenvalue weighted by atomic mass is 10.00. The summed E-state index contributed by atoms with van der Waals surface area (Å²) >= 11 is 6.55. The first-order valence-corrected chi connectivity index (χ1v) is 12.9. The molecule has 206 valence electrons. The smallest absolute Gasteiger partial charge is 0.247 e. The van der Waals surface area contributed by atoms with Gasteiger partial charge in [-0.3, -0.25) is 14.4 Å². The maximum Gasteiger partial charge on any atom is 0.247 e. The van der Waals surface area contributed by atoms with Crippen LogP contribution < -0.4 is 20.1 Å². The number of anilines is 1. The third kappa shape index (κ3) is 7.29. The Hall–Kier alpha value is -4.05. The van der Waals surface area contributed by atoms with E-state index in [1.165, 1.54) is 4.90 Å². The van der Waals surface area contributed by atoms with Gasteiger partial charge >= 0.3 is 0 Å². The summed E-state index contributed by atoms with van der Waals surface area (Å²) in [6.45, 7) is 7.44. The molecule has 0 fully saturated rings. The highest BCUT2D eigenvalue weighted by atomic mass is 35.5. The molecule has 4 rings (SSSR count). The van der Waals surface area contributed by atoms with E-state index < -0.39 is 29.3 Å². The Morgan fingerprint density at radius 1 is 1.05 bits per heavy atom. The summed E-state index contributed by atoms with van der Waals surface area (Å²) in [6, 6.07) is 12.8. The van der Waals surface area contributed by atoms with E-state index in [9.17, 15) is 14.4 Å². The normalized spacial score (nSPS) is 13.1. The van der Waals surface area contributed by atoms with Crippen LogP contribution in [-0.2, 0) is 20.9 Å². The number of rotatable bonds is 9. The maximum atomic E-state index is 13.8. The molecule has 0 saturated heterocycles. The van der Waals surface area contributed by atoms with E-state index in [0.29, 0.717) is 27.8 Å². The molecule has 2 heterocycles. The number of amides is 3. The van der Waals surface area contributed by atoms with Crippen LogP contribution in [-0.4, -0.2) is 40.1 Å². The summed E-state index contributed by atoms with van der Waals surface area (Å²) in [4.78, 5) is 41.5. The fraction of sp³-hybridized carbons (Fsp3) is 0.357. The van der Waals surface area contributed by atoms with E-state index in [1.807, 2.05) is 20.8 Å². The fourth-order valence-corrected chi connectivity index (χ4v) is 4.38. The molecule has 1 aromatic heterocycles. The van der Waals surface area contributed by atoms with Gasteiger partial charge in [0.15, 0.2) is 17.3 Å². The molecule has 11 heteroatoms. The minimum atomic E-state index is -1.06. The second-order valence-corrected chi connectivity index (χ2v) is 10.7. The van der Waals surface area contributed by atoms with Crippen LogP contribution in [0.1, 0.15) is 56.5 Å². The van der Waals surface area contributed by atoms with Gasteiger partial charge in [-0.05, 0) is 51.5 Å². The van der Waals surface area contributed by atoms with E-state index in [1.54, 1.807) is 55.5 Å². The Balaban J connectivity index is 1.64. The lowest BCUT2D eigenvalue weighted by Crippen LogP contribution is -2.49. The minimum Gasteiger partial charge on any atom is -0.454 e. The van der Waals surface area contributed by atoms with Gasteiger partial charge in [-0.25, -0.2) is 0 Å². The van der Waals surface area contributed by atoms with Crippen molar-refractivity contribution in [2.24, 2.45) is 0 Å². The predicted octanol–water partition coefficient (Wildman–Crippen LogP) is 4.77. The number of carbonyl (C=O) groups is 3. The molecule has 0 unspecified atom stereocenters. The molecule has 0 radical (unpaired) electrons. The van der Waals surface area contributed by atoms with Crippen LogP contribution in [0.5, 0.6) is 11.5 Å². The molecular weight excluding hydrogens is 524 g/mol. The van der Waals surface area contributed by atoms with E-state index in [0.717, 1.165) is 5.56 Å². The average molecular weight is 555 g/mol. The summed E-state index contributed by atoms with van der Waals surface area (Å²) < 4.78 is 15.9. The van der Waals surface area contributed by atoms with Gasteiger partial charge in [0.2, 0.25) is 24.5 Å². The number of fused-ring (bicyclic) bond motifs is 1. The maximum absolute atomic E-state index is 13.8. The van der Waals surface area contributed by atoms with Gasteiger partial charge in [-0.1, -0.05) is 41.0 Å². The molecule has 2 N–H and O–H groups in total. The quantitative estimate of drug-likeness (QED) is 0.390. The first kappa shape index (κ1) is 28.0. The number of ether oxygens (including phenoxy) is 2. The summed E-state index contributed by atoms with van der Waals surface area (Å²) in [7, 11) is 0. The lowest BCUT2D eigenvalue weighted by molar-refractivity contribution is -0.142. The molecule has 0 spiro atoms. The number of hydrogen-bond donors (Lipinski definition) is 2. The van der Waals surface area contributed by atoms with Crippen LogP contribution in [0.15, 0.2) is 53.1 Å². The first-order valence-electron chi connectivity index (χ1n) is 12.5. The van der Waals surface area contributed by atoms with Crippen molar-refractivity contribution in [1.82, 2.24) is 15.4 Å². The Morgan fingerprint density at radius 2 is 1.79 bits per heavy atom. The molecule has 39 heavy (non-hydrogen) atoms. The van der Waals surface area contributed by atoms with Gasteiger partial charge in [-0.15, -0.1) is 0 Å². The molecule has 1 atom stereocenters. The molecule has 0 aliphatic carbocycles. The van der Waals surface area contributed by atoms with Crippen LogP contribution in [0.3, 0.4) is 0 Å². The number of nitrogens with one attached hydrogen (secondary N) is 2. The lowest BCUT2D eigenvalue weighted by Gasteiger charge is -2.34. The van der Waals surface area contributed by atoms with Gasteiger partial charge in [0, 0.05) is 41.6 Å². The van der Waals surface area contributed by atoms with Gasteiger partial charge in [0.1, 0.15) is 11.8 Å². The van der Waals surface area contributed by atoms with E-state index in [-0.39, 0.29) is 32.0 Å². The molecular formula is C28H31ClN4O6. The largest absolute Gasteiger partial charge is 0.454 e. The Kier molecular flexibility index (Phi) is 8.44. The van der Waals surface area contributed by atoms with Crippen LogP contribution in [0.2, 0.25) is 5.02 Å². The van der Waals surface area contributed by atoms with Crippen molar-refractivity contribution in [3.8, 4) is 11.5 Å². The van der Waals surface area contributed by atoms with E-state index in [2.05, 4.69) is 15.8 Å². The zero-order valence-corrected chi connectivity index (χ0v) is 23.0. The second kappa shape index (κ2) is 11.8. The molecule has 1 aliphatic heterocycles. The Morgan fingerprint density at radius 3 is 2.49 bits per heavy atom. The van der Waals surface area contributed by atoms with Crippen molar-refractivity contribution >= 4 is 35.1 Å². The number of aromatic nitrogens is 1. The molecule has 10 nitrogen and oxygen atoms in total. The van der Waals surface area contributed by atoms with Crippen LogP contribution in [0.4, 0.5) is 5.82 Å². The van der Waals surface area contributed by atoms with Crippen LogP contribution in [0, 0.1) is 6.92 Å². The standard InChI is InChI=1S/C28H31ClN4O6/c1-17-13-23(32-39-17)30-24(34)11-12-25(35)33(15-18-9-10-21-22(14-18)38-16-37-21)26(27(36)31-28(2,3)4)19-7-5-6-8-20(19)29/h5-10,13-14,26H,11-12,15-16H2,1-4H3,(H,31,36)(H,30,32,34)/t26-/m0/s1. The summed E-state index contributed by atoms with van der Waals surface area (Å²) in [5.41, 5.74) is 0.618. The number of carbonyl (C=O) groups excluding carboxylic acids is 3. The highest BCUT2D eigenvalue weighted by Gasteiger charge is 2.35. The molecule has 1 aliphatic rings. The second-order valence-electron chi connectivity index (χ2n) is 10.2. The van der Waals surface area contributed by atoms with Crippen molar-refractivity contribution in [3.05, 3.63) is 70.4 Å². The van der Waals surface area contributed by atoms with E-state index in [4.69, 9.17) is 25.6 Å². The first-order chi connectivity index (χ1) is 18.5. The molecule has 0 saturated carbocycles. The zero-order valence-electron chi connectivity index (χ0n) is 22.2. The van der Waals surface area contributed by atoms with Crippen molar-refractivity contribution in [2.75, 3.05) is 12.1 Å². The third-order valence-corrected chi connectivity index (χ3v) is 6.17. The van der Waals surface area contributed by atoms with Gasteiger partial charge in [0.05, 0.1) is 0 Å². The van der Waals surface area contributed by atoms with Gasteiger partial charge in [-0.2, -0.15) is 0 Å². The minimum absolute atomic E-state index is 0.0625. The highest BCUT2D eigenvalue weighted by molar-refractivity contribution is 6.31. The number of hydrogen-bond acceptors (Lipinski definition) is 7. The van der Waals surface area contributed by atoms with E-state index >= 15 is 0 Å². The molecule has 3 aromatic rings. The summed E-state index contributed by atoms with van der Waals surface area (Å²) in [6.07, 6.45) is -0.282.